The zero-order valence-electron chi connectivity index (χ0n) is 21.1. The fourth-order valence-electron chi connectivity index (χ4n) is 4.91. The summed E-state index contributed by atoms with van der Waals surface area (Å²) in [5.74, 6) is 0.584. The van der Waals surface area contributed by atoms with Gasteiger partial charge in [-0.05, 0) is 71.0 Å². The molecule has 3 heterocycles. The molecule has 0 bridgehead atoms. The molecule has 0 spiro atoms. The molecule has 10 heteroatoms. The Labute approximate surface area is 220 Å². The van der Waals surface area contributed by atoms with Gasteiger partial charge in [0.15, 0.2) is 5.82 Å². The van der Waals surface area contributed by atoms with E-state index in [9.17, 15) is 4.79 Å². The lowest BCUT2D eigenvalue weighted by atomic mass is 10.0. The van der Waals surface area contributed by atoms with Crippen LogP contribution in [0.5, 0.6) is 0 Å². The van der Waals surface area contributed by atoms with Gasteiger partial charge < -0.3 is 14.5 Å². The number of rotatable bonds is 10. The summed E-state index contributed by atoms with van der Waals surface area (Å²) in [6.45, 7) is 4.84. The maximum Gasteiger partial charge on any atom is 0.253 e. The molecule has 2 atom stereocenters. The number of halogens is 1. The lowest BCUT2D eigenvalue weighted by Gasteiger charge is -2.32. The van der Waals surface area contributed by atoms with Gasteiger partial charge >= 0.3 is 0 Å². The first kappa shape index (κ1) is 25.5. The predicted molar refractivity (Wildman–Crippen MR) is 142 cm³/mol. The van der Waals surface area contributed by atoms with Crippen LogP contribution in [0.2, 0.25) is 5.02 Å². The number of aromatic amines is 1. The van der Waals surface area contributed by atoms with Crippen LogP contribution in [0.15, 0.2) is 53.3 Å². The minimum atomic E-state index is -0.513. The summed E-state index contributed by atoms with van der Waals surface area (Å²) >= 11 is 6.16. The Balaban J connectivity index is 1.64. The van der Waals surface area contributed by atoms with Crippen molar-refractivity contribution in [2.45, 2.75) is 45.0 Å². The van der Waals surface area contributed by atoms with Crippen molar-refractivity contribution < 1.29 is 9.47 Å². The van der Waals surface area contributed by atoms with Gasteiger partial charge in [-0.1, -0.05) is 35.9 Å². The standard InChI is InChI=1S/C27H31ClN6O3/c1-18-5-8-20-15-23(27(35)29-24(20)14-18)25(26-30-31-32-34(26)11-13-36-2)33(17-22-4-3-12-37-22)16-19-6-9-21(28)10-7-19/h5-10,14-15,22,25H,3-4,11-13,16-17H2,1-2H3,(H,29,35). The van der Waals surface area contributed by atoms with Gasteiger partial charge in [0.1, 0.15) is 6.04 Å². The zero-order chi connectivity index (χ0) is 25.8. The molecule has 1 fully saturated rings. The molecule has 1 saturated heterocycles. The highest BCUT2D eigenvalue weighted by Crippen LogP contribution is 2.30. The molecule has 0 radical (unpaired) electrons. The summed E-state index contributed by atoms with van der Waals surface area (Å²) in [7, 11) is 1.64. The van der Waals surface area contributed by atoms with Crippen LogP contribution in [-0.2, 0) is 22.6 Å². The number of nitrogens with zero attached hydrogens (tertiary/aromatic N) is 5. The molecule has 1 aliphatic heterocycles. The molecular formula is C27H31ClN6O3. The number of hydrogen-bond donors (Lipinski definition) is 1. The van der Waals surface area contributed by atoms with E-state index < -0.39 is 6.04 Å². The van der Waals surface area contributed by atoms with Gasteiger partial charge in [0, 0.05) is 42.9 Å². The highest BCUT2D eigenvalue weighted by Gasteiger charge is 2.33. The van der Waals surface area contributed by atoms with Crippen molar-refractivity contribution >= 4 is 22.5 Å². The first-order chi connectivity index (χ1) is 18.0. The third kappa shape index (κ3) is 5.91. The summed E-state index contributed by atoms with van der Waals surface area (Å²) in [4.78, 5) is 18.9. The Hall–Kier alpha value is -3.11. The van der Waals surface area contributed by atoms with E-state index in [1.54, 1.807) is 11.8 Å². The van der Waals surface area contributed by atoms with Gasteiger partial charge in [-0.2, -0.15) is 0 Å². The second-order valence-electron chi connectivity index (χ2n) is 9.49. The van der Waals surface area contributed by atoms with Crippen molar-refractivity contribution in [1.82, 2.24) is 30.1 Å². The minimum Gasteiger partial charge on any atom is -0.383 e. The highest BCUT2D eigenvalue weighted by molar-refractivity contribution is 6.30. The third-order valence-corrected chi connectivity index (χ3v) is 7.01. The summed E-state index contributed by atoms with van der Waals surface area (Å²) in [5, 5.41) is 14.2. The van der Waals surface area contributed by atoms with Gasteiger partial charge in [0.05, 0.1) is 19.3 Å². The van der Waals surface area contributed by atoms with E-state index >= 15 is 0 Å². The molecule has 1 aliphatic rings. The zero-order valence-corrected chi connectivity index (χ0v) is 21.8. The van der Waals surface area contributed by atoms with Gasteiger partial charge in [0.25, 0.3) is 5.56 Å². The quantitative estimate of drug-likeness (QED) is 0.337. The topological polar surface area (TPSA) is 98.2 Å². The van der Waals surface area contributed by atoms with Crippen molar-refractivity contribution in [3.05, 3.63) is 86.4 Å². The van der Waals surface area contributed by atoms with E-state index in [-0.39, 0.29) is 11.7 Å². The Morgan fingerprint density at radius 1 is 1.24 bits per heavy atom. The SMILES string of the molecule is COCCn1nnnc1C(c1cc2ccc(C)cc2[nH]c1=O)N(Cc1ccc(Cl)cc1)CC1CCCO1. The molecule has 2 aromatic carbocycles. The molecule has 4 aromatic rings. The Morgan fingerprint density at radius 3 is 2.84 bits per heavy atom. The lowest BCUT2D eigenvalue weighted by Crippen LogP contribution is -2.39. The summed E-state index contributed by atoms with van der Waals surface area (Å²) < 4.78 is 13.0. The van der Waals surface area contributed by atoms with Crippen LogP contribution in [0.4, 0.5) is 0 Å². The van der Waals surface area contributed by atoms with E-state index in [1.807, 2.05) is 55.5 Å². The van der Waals surface area contributed by atoms with Gasteiger partial charge in [-0.15, -0.1) is 5.10 Å². The number of methoxy groups -OCH3 is 1. The first-order valence-electron chi connectivity index (χ1n) is 12.5. The van der Waals surface area contributed by atoms with Crippen molar-refractivity contribution in [1.29, 1.82) is 0 Å². The Morgan fingerprint density at radius 2 is 2.08 bits per heavy atom. The largest absolute Gasteiger partial charge is 0.383 e. The normalized spacial score (nSPS) is 16.6. The number of aromatic nitrogens is 5. The van der Waals surface area contributed by atoms with Crippen molar-refractivity contribution in [3.8, 4) is 0 Å². The van der Waals surface area contributed by atoms with Gasteiger partial charge in [0.2, 0.25) is 0 Å². The van der Waals surface area contributed by atoms with Gasteiger partial charge in [-0.3, -0.25) is 9.69 Å². The molecular weight excluding hydrogens is 492 g/mol. The fourth-order valence-corrected chi connectivity index (χ4v) is 5.04. The molecule has 0 amide bonds. The van der Waals surface area contributed by atoms with Crippen molar-refractivity contribution in [2.24, 2.45) is 0 Å². The summed E-state index contributed by atoms with van der Waals surface area (Å²) in [6, 6.07) is 15.3. The number of fused-ring (bicyclic) bond motifs is 1. The maximum absolute atomic E-state index is 13.6. The summed E-state index contributed by atoms with van der Waals surface area (Å²) in [5.41, 5.74) is 3.36. The van der Waals surface area contributed by atoms with E-state index in [0.29, 0.717) is 42.7 Å². The van der Waals surface area contributed by atoms with Crippen molar-refractivity contribution in [3.63, 3.8) is 0 Å². The molecule has 0 aliphatic carbocycles. The summed E-state index contributed by atoms with van der Waals surface area (Å²) in [6.07, 6.45) is 2.04. The van der Waals surface area contributed by atoms with Crippen LogP contribution < -0.4 is 5.56 Å². The molecule has 9 nitrogen and oxygen atoms in total. The lowest BCUT2D eigenvalue weighted by molar-refractivity contribution is 0.0569. The number of nitrogens with one attached hydrogen (secondary N) is 1. The number of H-pyrrole nitrogens is 1. The average Bonchev–Trinajstić information content (AvgIpc) is 3.57. The van der Waals surface area contributed by atoms with E-state index in [0.717, 1.165) is 41.5 Å². The first-order valence-corrected chi connectivity index (χ1v) is 12.9. The van der Waals surface area contributed by atoms with E-state index in [2.05, 4.69) is 25.4 Å². The van der Waals surface area contributed by atoms with Crippen LogP contribution in [0.25, 0.3) is 10.9 Å². The number of hydrogen-bond acceptors (Lipinski definition) is 7. The number of ether oxygens (including phenoxy) is 2. The molecule has 2 aromatic heterocycles. The molecule has 1 N–H and O–H groups in total. The number of aryl methyl sites for hydroxylation is 1. The number of tetrazole rings is 1. The molecule has 5 rings (SSSR count). The van der Waals surface area contributed by atoms with Crippen LogP contribution in [0.1, 0.15) is 41.4 Å². The van der Waals surface area contributed by atoms with Crippen molar-refractivity contribution in [2.75, 3.05) is 26.9 Å². The minimum absolute atomic E-state index is 0.0558. The third-order valence-electron chi connectivity index (χ3n) is 6.76. The Kier molecular flexibility index (Phi) is 7.95. The number of pyridine rings is 1. The molecule has 2 unspecified atom stereocenters. The maximum atomic E-state index is 13.6. The van der Waals surface area contributed by atoms with E-state index in [4.69, 9.17) is 21.1 Å². The van der Waals surface area contributed by atoms with Crippen LogP contribution in [0.3, 0.4) is 0 Å². The second kappa shape index (κ2) is 11.5. The number of benzene rings is 2. The monoisotopic (exact) mass is 522 g/mol. The predicted octanol–water partition coefficient (Wildman–Crippen LogP) is 3.89. The highest BCUT2D eigenvalue weighted by atomic mass is 35.5. The molecule has 37 heavy (non-hydrogen) atoms. The van der Waals surface area contributed by atoms with Crippen LogP contribution in [-0.4, -0.2) is 63.1 Å². The van der Waals surface area contributed by atoms with Gasteiger partial charge in [-0.25, -0.2) is 4.68 Å². The molecule has 0 saturated carbocycles. The van der Waals surface area contributed by atoms with Crippen LogP contribution in [0, 0.1) is 6.92 Å². The smallest absolute Gasteiger partial charge is 0.253 e. The van der Waals surface area contributed by atoms with Crippen LogP contribution >= 0.6 is 11.6 Å². The average molecular weight is 523 g/mol. The molecule has 194 valence electrons. The van der Waals surface area contributed by atoms with E-state index in [1.165, 1.54) is 0 Å². The second-order valence-corrected chi connectivity index (χ2v) is 9.93. The Bertz CT molecular complexity index is 1400. The fraction of sp³-hybridized carbons (Fsp3) is 0.407.